The first-order valence-corrected chi connectivity index (χ1v) is 11.5. The van der Waals surface area contributed by atoms with Crippen LogP contribution in [0.1, 0.15) is 67.3 Å². The maximum absolute atomic E-state index is 12.4. The number of nitrogens with one attached hydrogen (secondary N) is 1. The van der Waals surface area contributed by atoms with Gasteiger partial charge in [-0.15, -0.1) is 0 Å². The van der Waals surface area contributed by atoms with E-state index in [9.17, 15) is 14.7 Å². The molecule has 0 amide bonds. The minimum Gasteiger partial charge on any atom is -0.478 e. The lowest BCUT2D eigenvalue weighted by molar-refractivity contribution is 0.0697. The minimum atomic E-state index is -0.941. The van der Waals surface area contributed by atoms with Crippen molar-refractivity contribution in [1.82, 2.24) is 9.55 Å². The molecular formula is C27H34N2O3. The van der Waals surface area contributed by atoms with E-state index >= 15 is 0 Å². The monoisotopic (exact) mass is 434 g/mol. The molecule has 5 heteroatoms. The molecule has 0 atom stereocenters. The van der Waals surface area contributed by atoms with E-state index < -0.39 is 5.97 Å². The van der Waals surface area contributed by atoms with Gasteiger partial charge in [0.25, 0.3) is 0 Å². The van der Waals surface area contributed by atoms with Crippen LogP contribution < -0.4 is 5.69 Å². The molecule has 1 aromatic heterocycles. The van der Waals surface area contributed by atoms with Gasteiger partial charge in [0.15, 0.2) is 0 Å². The highest BCUT2D eigenvalue weighted by Crippen LogP contribution is 2.27. The number of carboxylic acid groups (broad SMARTS) is 1. The third-order valence-electron chi connectivity index (χ3n) is 5.89. The van der Waals surface area contributed by atoms with Crippen LogP contribution in [0.4, 0.5) is 0 Å². The zero-order chi connectivity index (χ0) is 23.3. The standard InChI is InChI=1S/C23H26N2O3.C4H8/c1-15(2)8-13-21-16(3)24-23(28)25(21)14-17-9-11-18(12-10-17)19-6-4-5-7-20(19)22(26)27;1-4-2-3-4/h4-7,9-12,15H,8,13-14H2,1-3H3,(H,24,28)(H,26,27);4H,2-3H2,1H3. The van der Waals surface area contributed by atoms with Crippen LogP contribution in [0.3, 0.4) is 0 Å². The Balaban J connectivity index is 0.000000650. The van der Waals surface area contributed by atoms with E-state index in [1.807, 2.05) is 43.3 Å². The molecule has 2 N–H and O–H groups in total. The smallest absolute Gasteiger partial charge is 0.336 e. The topological polar surface area (TPSA) is 75.1 Å². The summed E-state index contributed by atoms with van der Waals surface area (Å²) in [7, 11) is 0. The van der Waals surface area contributed by atoms with Crippen molar-refractivity contribution < 1.29 is 9.90 Å². The molecule has 2 aromatic carbocycles. The summed E-state index contributed by atoms with van der Waals surface area (Å²) in [6, 6.07) is 14.7. The molecule has 5 nitrogen and oxygen atoms in total. The van der Waals surface area contributed by atoms with Crippen molar-refractivity contribution in [3.8, 4) is 11.1 Å². The van der Waals surface area contributed by atoms with Crippen LogP contribution in [-0.2, 0) is 13.0 Å². The fraction of sp³-hybridized carbons (Fsp3) is 0.407. The Morgan fingerprint density at radius 2 is 1.75 bits per heavy atom. The van der Waals surface area contributed by atoms with Gasteiger partial charge in [0.2, 0.25) is 0 Å². The number of aromatic carboxylic acids is 1. The average Bonchev–Trinajstić information content (AvgIpc) is 3.50. The fourth-order valence-electron chi connectivity index (χ4n) is 3.60. The van der Waals surface area contributed by atoms with Crippen molar-refractivity contribution in [2.75, 3.05) is 0 Å². The van der Waals surface area contributed by atoms with Crippen LogP contribution in [0.15, 0.2) is 53.3 Å². The predicted molar refractivity (Wildman–Crippen MR) is 129 cm³/mol. The number of H-pyrrole nitrogens is 1. The van der Waals surface area contributed by atoms with E-state index in [4.69, 9.17) is 0 Å². The SMILES string of the molecule is CC1CC1.Cc1[nH]c(=O)n(Cc2ccc(-c3ccccc3C(=O)O)cc2)c1CCC(C)C. The molecule has 1 saturated carbocycles. The quantitative estimate of drug-likeness (QED) is 0.486. The van der Waals surface area contributed by atoms with E-state index in [1.54, 1.807) is 16.7 Å². The number of hydrogen-bond donors (Lipinski definition) is 2. The number of imidazole rings is 1. The van der Waals surface area contributed by atoms with Crippen LogP contribution in [0.2, 0.25) is 0 Å². The van der Waals surface area contributed by atoms with Crippen LogP contribution in [0.25, 0.3) is 11.1 Å². The first kappa shape index (κ1) is 23.6. The number of aromatic nitrogens is 2. The highest BCUT2D eigenvalue weighted by molar-refractivity contribution is 5.95. The van der Waals surface area contributed by atoms with Gasteiger partial charge in [-0.2, -0.15) is 0 Å². The van der Waals surface area contributed by atoms with Gasteiger partial charge in [-0.1, -0.05) is 76.1 Å². The second-order valence-electron chi connectivity index (χ2n) is 9.25. The van der Waals surface area contributed by atoms with Crippen molar-refractivity contribution in [1.29, 1.82) is 0 Å². The summed E-state index contributed by atoms with van der Waals surface area (Å²) >= 11 is 0. The normalized spacial score (nSPS) is 13.0. The Morgan fingerprint density at radius 3 is 2.31 bits per heavy atom. The Hall–Kier alpha value is -3.08. The highest BCUT2D eigenvalue weighted by atomic mass is 16.4. The largest absolute Gasteiger partial charge is 0.478 e. The van der Waals surface area contributed by atoms with E-state index in [2.05, 4.69) is 25.8 Å². The summed E-state index contributed by atoms with van der Waals surface area (Å²) in [6.07, 6.45) is 4.87. The molecule has 1 aliphatic carbocycles. The van der Waals surface area contributed by atoms with Crippen LogP contribution >= 0.6 is 0 Å². The summed E-state index contributed by atoms with van der Waals surface area (Å²) in [6.45, 7) is 9.08. The van der Waals surface area contributed by atoms with Crippen molar-refractivity contribution in [2.24, 2.45) is 11.8 Å². The number of nitrogens with zero attached hydrogens (tertiary/aromatic N) is 1. The Labute approximate surface area is 190 Å². The molecule has 0 bridgehead atoms. The molecule has 170 valence electrons. The average molecular weight is 435 g/mol. The molecule has 1 aliphatic rings. The Kier molecular flexibility index (Phi) is 7.73. The van der Waals surface area contributed by atoms with Gasteiger partial charge in [-0.05, 0) is 54.4 Å². The van der Waals surface area contributed by atoms with Crippen LogP contribution in [0, 0.1) is 18.8 Å². The minimum absolute atomic E-state index is 0.0865. The molecule has 0 saturated heterocycles. The zero-order valence-electron chi connectivity index (χ0n) is 19.5. The highest BCUT2D eigenvalue weighted by Gasteiger charge is 2.14. The first-order chi connectivity index (χ1) is 15.3. The fourth-order valence-corrected chi connectivity index (χ4v) is 3.60. The number of hydrogen-bond acceptors (Lipinski definition) is 2. The van der Waals surface area contributed by atoms with Gasteiger partial charge < -0.3 is 10.1 Å². The molecule has 0 aliphatic heterocycles. The summed E-state index contributed by atoms with van der Waals surface area (Å²) in [5, 5.41) is 9.39. The van der Waals surface area contributed by atoms with Gasteiger partial charge in [0, 0.05) is 11.4 Å². The lowest BCUT2D eigenvalue weighted by Gasteiger charge is -2.11. The predicted octanol–water partition coefficient (Wildman–Crippen LogP) is 5.90. The van der Waals surface area contributed by atoms with E-state index in [0.29, 0.717) is 18.0 Å². The summed E-state index contributed by atoms with van der Waals surface area (Å²) < 4.78 is 1.80. The van der Waals surface area contributed by atoms with Crippen molar-refractivity contribution in [3.63, 3.8) is 0 Å². The van der Waals surface area contributed by atoms with Gasteiger partial charge in [-0.25, -0.2) is 9.59 Å². The third-order valence-corrected chi connectivity index (χ3v) is 5.89. The van der Waals surface area contributed by atoms with Crippen LogP contribution in [-0.4, -0.2) is 20.6 Å². The number of aromatic amines is 1. The number of aryl methyl sites for hydroxylation is 1. The van der Waals surface area contributed by atoms with E-state index in [1.165, 1.54) is 12.8 Å². The lowest BCUT2D eigenvalue weighted by atomic mass is 9.98. The molecule has 0 radical (unpaired) electrons. The van der Waals surface area contributed by atoms with Gasteiger partial charge in [-0.3, -0.25) is 4.57 Å². The number of carbonyl (C=O) groups is 1. The molecule has 3 aromatic rings. The van der Waals surface area contributed by atoms with Gasteiger partial charge in [0.05, 0.1) is 12.1 Å². The molecule has 0 spiro atoms. The summed E-state index contributed by atoms with van der Waals surface area (Å²) in [5.41, 5.74) is 4.72. The molecule has 1 heterocycles. The second-order valence-corrected chi connectivity index (χ2v) is 9.25. The molecule has 0 unspecified atom stereocenters. The number of rotatable bonds is 7. The maximum atomic E-state index is 12.4. The van der Waals surface area contributed by atoms with Crippen LogP contribution in [0.5, 0.6) is 0 Å². The Bertz CT molecular complexity index is 1100. The Morgan fingerprint density at radius 1 is 1.12 bits per heavy atom. The first-order valence-electron chi connectivity index (χ1n) is 11.5. The summed E-state index contributed by atoms with van der Waals surface area (Å²) in [5.74, 6) is 0.718. The molecule has 4 rings (SSSR count). The zero-order valence-corrected chi connectivity index (χ0v) is 19.5. The second kappa shape index (κ2) is 10.5. The van der Waals surface area contributed by atoms with Gasteiger partial charge in [0.1, 0.15) is 0 Å². The van der Waals surface area contributed by atoms with Crippen molar-refractivity contribution in [2.45, 2.75) is 59.9 Å². The molecule has 1 fully saturated rings. The number of carboxylic acids is 1. The third kappa shape index (κ3) is 6.22. The summed E-state index contributed by atoms with van der Waals surface area (Å²) in [4.78, 5) is 26.7. The van der Waals surface area contributed by atoms with Crippen molar-refractivity contribution in [3.05, 3.63) is 81.5 Å². The maximum Gasteiger partial charge on any atom is 0.336 e. The lowest BCUT2D eigenvalue weighted by Crippen LogP contribution is -2.20. The number of benzene rings is 2. The molecule has 32 heavy (non-hydrogen) atoms. The molecular weight excluding hydrogens is 400 g/mol. The van der Waals surface area contributed by atoms with E-state index in [-0.39, 0.29) is 11.3 Å². The van der Waals surface area contributed by atoms with Gasteiger partial charge >= 0.3 is 11.7 Å². The van der Waals surface area contributed by atoms with Crippen molar-refractivity contribution >= 4 is 5.97 Å². The van der Waals surface area contributed by atoms with E-state index in [0.717, 1.165) is 41.3 Å².